The zero-order valence-corrected chi connectivity index (χ0v) is 16.3. The summed E-state index contributed by atoms with van der Waals surface area (Å²) in [6.07, 6.45) is 11.9. The highest BCUT2D eigenvalue weighted by molar-refractivity contribution is 7.17. The van der Waals surface area contributed by atoms with Gasteiger partial charge >= 0.3 is 0 Å². The average Bonchev–Trinajstić information content (AvgIpc) is 2.99. The van der Waals surface area contributed by atoms with Crippen LogP contribution in [0.4, 0.5) is 5.00 Å². The Hall–Kier alpha value is -1.40. The number of anilines is 1. The van der Waals surface area contributed by atoms with E-state index in [1.807, 2.05) is 0 Å². The number of hydrogen-bond acceptors (Lipinski definition) is 3. The van der Waals surface area contributed by atoms with Crippen LogP contribution in [0.25, 0.3) is 0 Å². The number of thiophene rings is 1. The van der Waals surface area contributed by atoms with Gasteiger partial charge in [0.1, 0.15) is 5.00 Å². The first-order valence-electron chi connectivity index (χ1n) is 10.2. The fraction of sp³-hybridized carbons (Fsp3) is 0.700. The van der Waals surface area contributed by atoms with Gasteiger partial charge in [0.2, 0.25) is 0 Å². The van der Waals surface area contributed by atoms with E-state index >= 15 is 0 Å². The van der Waals surface area contributed by atoms with Gasteiger partial charge < -0.3 is 16.0 Å². The Morgan fingerprint density at radius 2 is 1.85 bits per heavy atom. The van der Waals surface area contributed by atoms with E-state index in [9.17, 15) is 9.59 Å². The minimum atomic E-state index is -0.405. The number of rotatable bonds is 4. The maximum atomic E-state index is 12.8. The topological polar surface area (TPSA) is 76.6 Å². The third-order valence-corrected chi connectivity index (χ3v) is 7.77. The number of nitrogens with two attached hydrogens (primary N) is 1. The van der Waals surface area contributed by atoms with Crippen molar-refractivity contribution in [2.45, 2.75) is 70.3 Å². The first-order valence-corrected chi connectivity index (χ1v) is 11.0. The number of piperidine rings is 1. The fourth-order valence-corrected chi connectivity index (χ4v) is 6.69. The van der Waals surface area contributed by atoms with E-state index in [2.05, 4.69) is 5.32 Å². The largest absolute Gasteiger partial charge is 0.365 e. The Bertz CT molecular complexity index is 697. The molecule has 0 bridgehead atoms. The van der Waals surface area contributed by atoms with Gasteiger partial charge in [0.05, 0.1) is 18.2 Å². The van der Waals surface area contributed by atoms with Crippen molar-refractivity contribution < 1.29 is 14.5 Å². The van der Waals surface area contributed by atoms with Crippen LogP contribution < -0.4 is 16.0 Å². The molecule has 2 amide bonds. The van der Waals surface area contributed by atoms with Crippen LogP contribution in [0.2, 0.25) is 0 Å². The maximum absolute atomic E-state index is 12.8. The van der Waals surface area contributed by atoms with Crippen molar-refractivity contribution in [3.63, 3.8) is 0 Å². The van der Waals surface area contributed by atoms with Crippen LogP contribution in [-0.2, 0) is 17.6 Å². The number of aryl methyl sites for hydroxylation is 1. The zero-order valence-electron chi connectivity index (χ0n) is 15.4. The lowest BCUT2D eigenvalue weighted by molar-refractivity contribution is -0.928. The Kier molecular flexibility index (Phi) is 5.32. The normalized spacial score (nSPS) is 28.1. The molecule has 26 heavy (non-hydrogen) atoms. The van der Waals surface area contributed by atoms with E-state index in [1.165, 1.54) is 48.3 Å². The van der Waals surface area contributed by atoms with E-state index < -0.39 is 5.91 Å². The van der Waals surface area contributed by atoms with Crippen LogP contribution in [-0.4, -0.2) is 30.9 Å². The van der Waals surface area contributed by atoms with Crippen LogP contribution in [0.3, 0.4) is 0 Å². The maximum Gasteiger partial charge on any atom is 0.280 e. The first kappa shape index (κ1) is 18.0. The molecule has 1 aromatic heterocycles. The monoisotopic (exact) mass is 376 g/mol. The van der Waals surface area contributed by atoms with Gasteiger partial charge in [0.15, 0.2) is 6.54 Å². The predicted octanol–water partition coefficient (Wildman–Crippen LogP) is 1.90. The highest BCUT2D eigenvalue weighted by Gasteiger charge is 2.37. The number of likely N-dealkylation sites (tertiary alicyclic amines) is 1. The second kappa shape index (κ2) is 7.69. The molecule has 2 heterocycles. The molecule has 1 unspecified atom stereocenters. The highest BCUT2D eigenvalue weighted by atomic mass is 32.1. The van der Waals surface area contributed by atoms with Crippen LogP contribution in [0.5, 0.6) is 0 Å². The lowest BCUT2D eigenvalue weighted by Gasteiger charge is -2.40. The number of quaternary nitrogens is 1. The number of nitrogens with one attached hydrogen (secondary N) is 2. The van der Waals surface area contributed by atoms with Crippen molar-refractivity contribution in [2.24, 2.45) is 11.7 Å². The summed E-state index contributed by atoms with van der Waals surface area (Å²) in [7, 11) is 0. The summed E-state index contributed by atoms with van der Waals surface area (Å²) in [6.45, 7) is 1.61. The molecule has 4 rings (SSSR count). The highest BCUT2D eigenvalue weighted by Crippen LogP contribution is 2.37. The molecule has 4 N–H and O–H groups in total. The summed E-state index contributed by atoms with van der Waals surface area (Å²) in [5.41, 5.74) is 7.30. The summed E-state index contributed by atoms with van der Waals surface area (Å²) >= 11 is 1.56. The van der Waals surface area contributed by atoms with Crippen LogP contribution in [0.15, 0.2) is 0 Å². The summed E-state index contributed by atoms with van der Waals surface area (Å²) in [5.74, 6) is 0.431. The Balaban J connectivity index is 1.46. The molecule has 2 fully saturated rings. The summed E-state index contributed by atoms with van der Waals surface area (Å²) in [5, 5.41) is 3.74. The molecule has 5 nitrogen and oxygen atoms in total. The number of amides is 2. The van der Waals surface area contributed by atoms with E-state index in [-0.39, 0.29) is 5.91 Å². The Morgan fingerprint density at radius 1 is 1.08 bits per heavy atom. The first-order chi connectivity index (χ1) is 12.6. The molecule has 2 aliphatic carbocycles. The third-order valence-electron chi connectivity index (χ3n) is 6.56. The molecule has 1 aromatic rings. The van der Waals surface area contributed by atoms with Crippen molar-refractivity contribution in [3.8, 4) is 0 Å². The van der Waals surface area contributed by atoms with Gasteiger partial charge in [0, 0.05) is 10.8 Å². The predicted molar refractivity (Wildman–Crippen MR) is 104 cm³/mol. The van der Waals surface area contributed by atoms with Gasteiger partial charge in [-0.2, -0.15) is 0 Å². The molecule has 6 heteroatoms. The van der Waals surface area contributed by atoms with Crippen molar-refractivity contribution in [1.82, 2.24) is 0 Å². The molecule has 0 spiro atoms. The van der Waals surface area contributed by atoms with E-state index in [0.29, 0.717) is 23.2 Å². The minimum absolute atomic E-state index is 0.0346. The second-order valence-corrected chi connectivity index (χ2v) is 9.31. The average molecular weight is 377 g/mol. The van der Waals surface area contributed by atoms with Crippen molar-refractivity contribution in [1.29, 1.82) is 0 Å². The molecular formula is C20H30N3O2S+. The smallest absolute Gasteiger partial charge is 0.280 e. The van der Waals surface area contributed by atoms with Crippen LogP contribution >= 0.6 is 11.3 Å². The molecule has 1 saturated heterocycles. The molecule has 1 saturated carbocycles. The van der Waals surface area contributed by atoms with Gasteiger partial charge in [0.25, 0.3) is 11.8 Å². The third kappa shape index (κ3) is 3.54. The number of primary amides is 1. The lowest BCUT2D eigenvalue weighted by atomic mass is 9.78. The molecule has 3 atom stereocenters. The Labute approximate surface area is 159 Å². The Morgan fingerprint density at radius 3 is 2.69 bits per heavy atom. The molecule has 3 aliphatic rings. The van der Waals surface area contributed by atoms with Crippen molar-refractivity contribution in [2.75, 3.05) is 18.4 Å². The van der Waals surface area contributed by atoms with Gasteiger partial charge in [-0.05, 0) is 63.4 Å². The van der Waals surface area contributed by atoms with E-state index in [1.54, 1.807) is 11.3 Å². The van der Waals surface area contributed by atoms with Crippen molar-refractivity contribution in [3.05, 3.63) is 16.0 Å². The number of carbonyl (C=O) groups is 2. The summed E-state index contributed by atoms with van der Waals surface area (Å²) in [4.78, 5) is 27.4. The van der Waals surface area contributed by atoms with Crippen LogP contribution in [0.1, 0.15) is 72.2 Å². The van der Waals surface area contributed by atoms with Crippen molar-refractivity contribution >= 4 is 28.2 Å². The molecule has 0 radical (unpaired) electrons. The molecular weight excluding hydrogens is 346 g/mol. The number of hydrogen-bond donors (Lipinski definition) is 3. The minimum Gasteiger partial charge on any atom is -0.365 e. The van der Waals surface area contributed by atoms with Gasteiger partial charge in [-0.25, -0.2) is 0 Å². The van der Waals surface area contributed by atoms with Crippen LogP contribution in [0, 0.1) is 5.92 Å². The standard InChI is InChI=1S/C20H29N3O2S/c21-19(25)18-14-8-2-4-10-16(14)26-20(18)22-17(24)12-23-11-5-7-13-6-1-3-9-15(13)23/h13,15H,1-12H2,(H2,21,25)(H,22,24)/p+1/t13-,15-/m0/s1. The lowest BCUT2D eigenvalue weighted by Crippen LogP contribution is -3.18. The van der Waals surface area contributed by atoms with E-state index in [4.69, 9.17) is 5.73 Å². The quantitative estimate of drug-likeness (QED) is 0.751. The zero-order chi connectivity index (χ0) is 18.1. The number of fused-ring (bicyclic) bond motifs is 2. The fourth-order valence-electron chi connectivity index (χ4n) is 5.38. The van der Waals surface area contributed by atoms with Gasteiger partial charge in [-0.15, -0.1) is 11.3 Å². The van der Waals surface area contributed by atoms with Gasteiger partial charge in [-0.1, -0.05) is 6.42 Å². The summed E-state index contributed by atoms with van der Waals surface area (Å²) < 4.78 is 0. The summed E-state index contributed by atoms with van der Waals surface area (Å²) in [6, 6.07) is 0.649. The van der Waals surface area contributed by atoms with Gasteiger partial charge in [-0.3, -0.25) is 9.59 Å². The molecule has 1 aliphatic heterocycles. The molecule has 142 valence electrons. The molecule has 0 aromatic carbocycles. The SMILES string of the molecule is NC(=O)c1c(NC(=O)C[NH+]2CCC[C@@H]3CCCC[C@@H]32)sc2c1CCCC2. The second-order valence-electron chi connectivity index (χ2n) is 8.21. The van der Waals surface area contributed by atoms with E-state index in [0.717, 1.165) is 43.7 Å². The number of carbonyl (C=O) groups excluding carboxylic acids is 2.